The van der Waals surface area contributed by atoms with Crippen LogP contribution in [-0.2, 0) is 0 Å². The molecule has 0 aliphatic rings. The number of nitrogens with one attached hydrogen (secondary N) is 1. The summed E-state index contributed by atoms with van der Waals surface area (Å²) in [6.07, 6.45) is 0.689. The summed E-state index contributed by atoms with van der Waals surface area (Å²) in [5.74, 6) is -0.941. The van der Waals surface area contributed by atoms with Crippen molar-refractivity contribution in [3.05, 3.63) is 63.9 Å². The molecule has 1 amide bonds. The lowest BCUT2D eigenvalue weighted by Gasteiger charge is -2.06. The number of carbonyl (C=O) groups excluding carboxylic acids is 2. The number of rotatable bonds is 3. The molecule has 2 rings (SSSR count). The second-order valence-corrected chi connectivity index (χ2v) is 4.68. The zero-order valence-corrected chi connectivity index (χ0v) is 11.3. The third-order valence-electron chi connectivity index (χ3n) is 2.46. The molecule has 0 atom stereocenters. The van der Waals surface area contributed by atoms with Gasteiger partial charge in [0.05, 0.1) is 4.47 Å². The quantitative estimate of drug-likeness (QED) is 0.877. The van der Waals surface area contributed by atoms with E-state index in [0.29, 0.717) is 22.0 Å². The molecule has 0 unspecified atom stereocenters. The average Bonchev–Trinajstić information content (AvgIpc) is 2.42. The van der Waals surface area contributed by atoms with Gasteiger partial charge in [0, 0.05) is 16.8 Å². The van der Waals surface area contributed by atoms with Crippen LogP contribution in [0, 0.1) is 5.82 Å². The minimum Gasteiger partial charge on any atom is -0.322 e. The van der Waals surface area contributed by atoms with Crippen LogP contribution in [0.2, 0.25) is 0 Å². The lowest BCUT2D eigenvalue weighted by Crippen LogP contribution is -2.12. The molecule has 19 heavy (non-hydrogen) atoms. The molecule has 0 aliphatic heterocycles. The van der Waals surface area contributed by atoms with Crippen molar-refractivity contribution >= 4 is 33.8 Å². The van der Waals surface area contributed by atoms with Crippen LogP contribution in [0.4, 0.5) is 10.1 Å². The number of amides is 1. The Morgan fingerprint density at radius 1 is 1.21 bits per heavy atom. The predicted octanol–water partition coefficient (Wildman–Crippen LogP) is 3.65. The van der Waals surface area contributed by atoms with Crippen molar-refractivity contribution < 1.29 is 14.0 Å². The lowest BCUT2D eigenvalue weighted by molar-refractivity contribution is 0.102. The number of anilines is 1. The lowest BCUT2D eigenvalue weighted by atomic mass is 10.2. The smallest absolute Gasteiger partial charge is 0.255 e. The maximum Gasteiger partial charge on any atom is 0.255 e. The molecule has 5 heteroatoms. The minimum absolute atomic E-state index is 0.206. The fraction of sp³-hybridized carbons (Fsp3) is 0. The molecule has 1 N–H and O–H groups in total. The van der Waals surface area contributed by atoms with E-state index in [4.69, 9.17) is 0 Å². The Hall–Kier alpha value is -2.01. The molecule has 0 bridgehead atoms. The summed E-state index contributed by atoms with van der Waals surface area (Å²) in [4.78, 5) is 22.5. The van der Waals surface area contributed by atoms with E-state index >= 15 is 0 Å². The van der Waals surface area contributed by atoms with Crippen molar-refractivity contribution in [1.82, 2.24) is 0 Å². The SMILES string of the molecule is O=Cc1cccc(NC(=O)c2ccc(Br)c(F)c2)c1. The van der Waals surface area contributed by atoms with Crippen LogP contribution in [0.15, 0.2) is 46.9 Å². The minimum atomic E-state index is -0.505. The molecule has 0 heterocycles. The Morgan fingerprint density at radius 2 is 2.00 bits per heavy atom. The molecular formula is C14H9BrFNO2. The van der Waals surface area contributed by atoms with E-state index in [-0.39, 0.29) is 5.56 Å². The van der Waals surface area contributed by atoms with E-state index in [1.165, 1.54) is 12.1 Å². The summed E-state index contributed by atoms with van der Waals surface area (Å²) < 4.78 is 13.6. The molecule has 0 saturated carbocycles. The van der Waals surface area contributed by atoms with Gasteiger partial charge in [-0.15, -0.1) is 0 Å². The fourth-order valence-corrected chi connectivity index (χ4v) is 1.78. The van der Waals surface area contributed by atoms with Crippen molar-refractivity contribution in [3.8, 4) is 0 Å². The first-order valence-electron chi connectivity index (χ1n) is 5.42. The highest BCUT2D eigenvalue weighted by molar-refractivity contribution is 9.10. The molecule has 96 valence electrons. The number of aldehydes is 1. The standard InChI is InChI=1S/C14H9BrFNO2/c15-12-5-4-10(7-13(12)16)14(19)17-11-3-1-2-9(6-11)8-18/h1-8H,(H,17,19). The van der Waals surface area contributed by atoms with Gasteiger partial charge in [-0.1, -0.05) is 12.1 Å². The largest absolute Gasteiger partial charge is 0.322 e. The van der Waals surface area contributed by atoms with E-state index in [9.17, 15) is 14.0 Å². The topological polar surface area (TPSA) is 46.2 Å². The molecule has 0 saturated heterocycles. The van der Waals surface area contributed by atoms with Gasteiger partial charge in [0.1, 0.15) is 12.1 Å². The second-order valence-electron chi connectivity index (χ2n) is 3.83. The number of hydrogen-bond donors (Lipinski definition) is 1. The van der Waals surface area contributed by atoms with Crippen LogP contribution in [0.5, 0.6) is 0 Å². The van der Waals surface area contributed by atoms with E-state index < -0.39 is 11.7 Å². The normalized spacial score (nSPS) is 10.0. The third-order valence-corrected chi connectivity index (χ3v) is 3.11. The molecule has 0 aliphatic carbocycles. The summed E-state index contributed by atoms with van der Waals surface area (Å²) in [7, 11) is 0. The van der Waals surface area contributed by atoms with Gasteiger partial charge in [-0.05, 0) is 46.3 Å². The van der Waals surface area contributed by atoms with Crippen molar-refractivity contribution in [1.29, 1.82) is 0 Å². The molecule has 0 spiro atoms. The molecular weight excluding hydrogens is 313 g/mol. The van der Waals surface area contributed by atoms with Gasteiger partial charge >= 0.3 is 0 Å². The van der Waals surface area contributed by atoms with Gasteiger partial charge in [0.25, 0.3) is 5.91 Å². The Morgan fingerprint density at radius 3 is 2.68 bits per heavy atom. The van der Waals surface area contributed by atoms with Crippen molar-refractivity contribution in [2.75, 3.05) is 5.32 Å². The number of carbonyl (C=O) groups is 2. The highest BCUT2D eigenvalue weighted by atomic mass is 79.9. The first-order chi connectivity index (χ1) is 9.10. The maximum absolute atomic E-state index is 13.3. The fourth-order valence-electron chi connectivity index (χ4n) is 1.53. The predicted molar refractivity (Wildman–Crippen MR) is 73.9 cm³/mol. The maximum atomic E-state index is 13.3. The van der Waals surface area contributed by atoms with Gasteiger partial charge in [0.2, 0.25) is 0 Å². The van der Waals surface area contributed by atoms with Gasteiger partial charge in [0.15, 0.2) is 0 Å². The molecule has 3 nitrogen and oxygen atoms in total. The Balaban J connectivity index is 2.20. The van der Waals surface area contributed by atoms with Crippen LogP contribution < -0.4 is 5.32 Å². The van der Waals surface area contributed by atoms with Crippen molar-refractivity contribution in [2.24, 2.45) is 0 Å². The highest BCUT2D eigenvalue weighted by Gasteiger charge is 2.09. The average molecular weight is 322 g/mol. The molecule has 2 aromatic carbocycles. The number of halogens is 2. The zero-order valence-electron chi connectivity index (χ0n) is 9.69. The summed E-state index contributed by atoms with van der Waals surface area (Å²) >= 11 is 3.02. The Kier molecular flexibility index (Phi) is 4.06. The summed E-state index contributed by atoms with van der Waals surface area (Å²) in [6.45, 7) is 0. The van der Waals surface area contributed by atoms with E-state index in [1.54, 1.807) is 24.3 Å². The molecule has 0 fully saturated rings. The zero-order chi connectivity index (χ0) is 13.8. The van der Waals surface area contributed by atoms with Crippen molar-refractivity contribution in [3.63, 3.8) is 0 Å². The van der Waals surface area contributed by atoms with Crippen LogP contribution in [0.3, 0.4) is 0 Å². The highest BCUT2D eigenvalue weighted by Crippen LogP contribution is 2.17. The van der Waals surface area contributed by atoms with Gasteiger partial charge in [-0.3, -0.25) is 9.59 Å². The van der Waals surface area contributed by atoms with Crippen LogP contribution in [0.25, 0.3) is 0 Å². The molecule has 0 radical (unpaired) electrons. The second kappa shape index (κ2) is 5.75. The van der Waals surface area contributed by atoms with Gasteiger partial charge < -0.3 is 5.32 Å². The van der Waals surface area contributed by atoms with Crippen LogP contribution in [-0.4, -0.2) is 12.2 Å². The van der Waals surface area contributed by atoms with Gasteiger partial charge in [-0.2, -0.15) is 0 Å². The van der Waals surface area contributed by atoms with E-state index in [2.05, 4.69) is 21.2 Å². The third kappa shape index (κ3) is 3.26. The van der Waals surface area contributed by atoms with Crippen LogP contribution >= 0.6 is 15.9 Å². The summed E-state index contributed by atoms with van der Waals surface area (Å²) in [6, 6.07) is 10.6. The van der Waals surface area contributed by atoms with E-state index in [0.717, 1.165) is 6.07 Å². The first-order valence-corrected chi connectivity index (χ1v) is 6.21. The Labute approximate surface area is 117 Å². The summed E-state index contributed by atoms with van der Waals surface area (Å²) in [5, 5.41) is 2.60. The van der Waals surface area contributed by atoms with E-state index in [1.807, 2.05) is 0 Å². The molecule has 2 aromatic rings. The molecule has 0 aromatic heterocycles. The van der Waals surface area contributed by atoms with Crippen LogP contribution in [0.1, 0.15) is 20.7 Å². The number of hydrogen-bond acceptors (Lipinski definition) is 2. The van der Waals surface area contributed by atoms with Gasteiger partial charge in [-0.25, -0.2) is 4.39 Å². The Bertz CT molecular complexity index is 643. The van der Waals surface area contributed by atoms with Crippen molar-refractivity contribution in [2.45, 2.75) is 0 Å². The summed E-state index contributed by atoms with van der Waals surface area (Å²) in [5.41, 5.74) is 1.15. The monoisotopic (exact) mass is 321 g/mol. The first kappa shape index (κ1) is 13.4. The number of benzene rings is 2.